The molecule has 0 atom stereocenters. The molecule has 0 aliphatic carbocycles. The molecule has 8 heteroatoms. The van der Waals surface area contributed by atoms with Crippen LogP contribution in [0.5, 0.6) is 11.5 Å². The average Bonchev–Trinajstić information content (AvgIpc) is 3.01. The number of hydrogen-bond acceptors (Lipinski definition) is 7. The molecular formula is C21H18FNO5S. The van der Waals surface area contributed by atoms with Gasteiger partial charge in [-0.3, -0.25) is 0 Å². The molecule has 150 valence electrons. The predicted molar refractivity (Wildman–Crippen MR) is 110 cm³/mol. The Morgan fingerprint density at radius 3 is 2.59 bits per heavy atom. The van der Waals surface area contributed by atoms with Crippen molar-refractivity contribution >= 4 is 34.5 Å². The van der Waals surface area contributed by atoms with Crippen molar-refractivity contribution in [2.45, 2.75) is 6.92 Å². The molecule has 3 rings (SSSR count). The van der Waals surface area contributed by atoms with E-state index in [1.54, 1.807) is 38.3 Å². The Morgan fingerprint density at radius 1 is 1.21 bits per heavy atom. The number of ether oxygens (including phenoxy) is 2. The van der Waals surface area contributed by atoms with E-state index >= 15 is 0 Å². The molecule has 2 aromatic rings. The minimum atomic E-state index is -0.788. The number of aromatic hydroxyl groups is 1. The van der Waals surface area contributed by atoms with Gasteiger partial charge in [0.15, 0.2) is 11.6 Å². The lowest BCUT2D eigenvalue weighted by atomic mass is 10.1. The Labute approximate surface area is 171 Å². The summed E-state index contributed by atoms with van der Waals surface area (Å²) in [6.45, 7) is 1.78. The van der Waals surface area contributed by atoms with E-state index in [2.05, 4.69) is 4.99 Å². The molecular weight excluding hydrogens is 397 g/mol. The SMILES string of the molecule is CCOC(=O)C1=C(O)/C(=C\c2cccc(F)c2O)SC1=Nc1ccc(OC)cc1. The molecule has 2 aromatic carbocycles. The van der Waals surface area contributed by atoms with Crippen molar-refractivity contribution in [3.05, 3.63) is 70.1 Å². The van der Waals surface area contributed by atoms with E-state index < -0.39 is 17.5 Å². The van der Waals surface area contributed by atoms with Gasteiger partial charge in [0.2, 0.25) is 0 Å². The third-order valence-corrected chi connectivity index (χ3v) is 5.00. The molecule has 0 spiro atoms. The number of carbonyl (C=O) groups is 1. The van der Waals surface area contributed by atoms with E-state index in [4.69, 9.17) is 9.47 Å². The van der Waals surface area contributed by atoms with Gasteiger partial charge in [-0.15, -0.1) is 0 Å². The monoisotopic (exact) mass is 415 g/mol. The molecule has 1 aliphatic heterocycles. The van der Waals surface area contributed by atoms with E-state index in [9.17, 15) is 19.4 Å². The Bertz CT molecular complexity index is 1030. The van der Waals surface area contributed by atoms with Crippen LogP contribution in [0.15, 0.2) is 63.7 Å². The van der Waals surface area contributed by atoms with E-state index in [0.717, 1.165) is 17.8 Å². The topological polar surface area (TPSA) is 88.4 Å². The molecule has 0 aromatic heterocycles. The maximum atomic E-state index is 13.6. The maximum absolute atomic E-state index is 13.6. The zero-order valence-corrected chi connectivity index (χ0v) is 16.5. The fraction of sp³-hybridized carbons (Fsp3) is 0.143. The average molecular weight is 415 g/mol. The molecule has 0 unspecified atom stereocenters. The minimum Gasteiger partial charge on any atom is -0.506 e. The number of para-hydroxylation sites is 1. The minimum absolute atomic E-state index is 0.0881. The van der Waals surface area contributed by atoms with Crippen LogP contribution in [0.25, 0.3) is 6.08 Å². The van der Waals surface area contributed by atoms with Gasteiger partial charge < -0.3 is 19.7 Å². The van der Waals surface area contributed by atoms with E-state index in [-0.39, 0.29) is 33.5 Å². The highest BCUT2D eigenvalue weighted by Crippen LogP contribution is 2.41. The largest absolute Gasteiger partial charge is 0.506 e. The fourth-order valence-corrected chi connectivity index (χ4v) is 3.58. The highest BCUT2D eigenvalue weighted by Gasteiger charge is 2.33. The van der Waals surface area contributed by atoms with Gasteiger partial charge in [-0.2, -0.15) is 0 Å². The Balaban J connectivity index is 2.05. The lowest BCUT2D eigenvalue weighted by Crippen LogP contribution is -2.12. The molecule has 0 radical (unpaired) electrons. The third kappa shape index (κ3) is 4.43. The van der Waals surface area contributed by atoms with Gasteiger partial charge in [0, 0.05) is 5.56 Å². The number of aliphatic hydroxyl groups is 1. The van der Waals surface area contributed by atoms with Gasteiger partial charge in [-0.1, -0.05) is 23.9 Å². The molecule has 0 saturated heterocycles. The van der Waals surface area contributed by atoms with Gasteiger partial charge in [0.05, 0.1) is 24.3 Å². The summed E-state index contributed by atoms with van der Waals surface area (Å²) in [5, 5.41) is 20.7. The van der Waals surface area contributed by atoms with Crippen LogP contribution in [0.4, 0.5) is 10.1 Å². The van der Waals surface area contributed by atoms with Gasteiger partial charge in [0.1, 0.15) is 22.1 Å². The van der Waals surface area contributed by atoms with Crippen LogP contribution in [0.1, 0.15) is 12.5 Å². The lowest BCUT2D eigenvalue weighted by Gasteiger charge is -2.04. The maximum Gasteiger partial charge on any atom is 0.344 e. The number of methoxy groups -OCH3 is 1. The molecule has 29 heavy (non-hydrogen) atoms. The van der Waals surface area contributed by atoms with Crippen LogP contribution >= 0.6 is 11.8 Å². The number of nitrogens with zero attached hydrogens (tertiary/aromatic N) is 1. The summed E-state index contributed by atoms with van der Waals surface area (Å²) in [5.41, 5.74) is 0.612. The molecule has 0 bridgehead atoms. The van der Waals surface area contributed by atoms with E-state index in [1.807, 2.05) is 0 Å². The van der Waals surface area contributed by atoms with Gasteiger partial charge in [-0.05, 0) is 43.3 Å². The summed E-state index contributed by atoms with van der Waals surface area (Å²) in [6, 6.07) is 10.9. The van der Waals surface area contributed by atoms with Crippen molar-refractivity contribution in [2.75, 3.05) is 13.7 Å². The van der Waals surface area contributed by atoms with Crippen LogP contribution in [0.3, 0.4) is 0 Å². The number of carbonyl (C=O) groups excluding carboxylic acids is 1. The number of esters is 1. The number of aliphatic hydroxyl groups excluding tert-OH is 1. The quantitative estimate of drug-likeness (QED) is 0.686. The van der Waals surface area contributed by atoms with Crippen molar-refractivity contribution in [1.82, 2.24) is 0 Å². The first-order valence-corrected chi connectivity index (χ1v) is 9.47. The number of thioether (sulfide) groups is 1. The van der Waals surface area contributed by atoms with Crippen LogP contribution in [-0.4, -0.2) is 34.9 Å². The summed E-state index contributed by atoms with van der Waals surface area (Å²) in [4.78, 5) is 17.1. The first kappa shape index (κ1) is 20.5. The van der Waals surface area contributed by atoms with Crippen LogP contribution in [0, 0.1) is 5.82 Å². The molecule has 0 saturated carbocycles. The Kier molecular flexibility index (Phi) is 6.23. The standard InChI is InChI=1S/C21H18FNO5S/c1-3-28-21(26)17-19(25)16(11-12-5-4-6-15(22)18(12)24)29-20(17)23-13-7-9-14(27-2)10-8-13/h4-11,24-25H,3H2,1-2H3/b16-11+,23-20?. The summed E-state index contributed by atoms with van der Waals surface area (Å²) in [5.74, 6) is -1.75. The summed E-state index contributed by atoms with van der Waals surface area (Å²) < 4.78 is 23.8. The number of aliphatic imine (C=N–C) groups is 1. The summed E-state index contributed by atoms with van der Waals surface area (Å²) >= 11 is 1.02. The Hall–Kier alpha value is -3.26. The first-order valence-electron chi connectivity index (χ1n) is 8.65. The third-order valence-electron chi connectivity index (χ3n) is 3.98. The first-order chi connectivity index (χ1) is 13.9. The molecule has 1 aliphatic rings. The lowest BCUT2D eigenvalue weighted by molar-refractivity contribution is -0.138. The smallest absolute Gasteiger partial charge is 0.344 e. The van der Waals surface area contributed by atoms with Crippen molar-refractivity contribution in [2.24, 2.45) is 4.99 Å². The van der Waals surface area contributed by atoms with Gasteiger partial charge in [-0.25, -0.2) is 14.2 Å². The zero-order chi connectivity index (χ0) is 21.0. The van der Waals surface area contributed by atoms with Crippen molar-refractivity contribution < 1.29 is 28.9 Å². The van der Waals surface area contributed by atoms with Crippen molar-refractivity contribution in [3.8, 4) is 11.5 Å². The molecule has 1 heterocycles. The zero-order valence-electron chi connectivity index (χ0n) is 15.7. The highest BCUT2D eigenvalue weighted by molar-refractivity contribution is 8.18. The van der Waals surface area contributed by atoms with E-state index in [1.165, 1.54) is 18.2 Å². The highest BCUT2D eigenvalue weighted by atomic mass is 32.2. The van der Waals surface area contributed by atoms with Crippen LogP contribution in [-0.2, 0) is 9.53 Å². The van der Waals surface area contributed by atoms with Crippen molar-refractivity contribution in [1.29, 1.82) is 0 Å². The number of phenolic OH excluding ortho intramolecular Hbond substituents is 1. The van der Waals surface area contributed by atoms with E-state index in [0.29, 0.717) is 11.4 Å². The number of rotatable bonds is 5. The summed E-state index contributed by atoms with van der Waals surface area (Å²) in [6.07, 6.45) is 1.38. The fourth-order valence-electron chi connectivity index (χ4n) is 2.56. The molecule has 0 amide bonds. The van der Waals surface area contributed by atoms with Gasteiger partial charge in [0.25, 0.3) is 0 Å². The predicted octanol–water partition coefficient (Wildman–Crippen LogP) is 4.73. The second-order valence-electron chi connectivity index (χ2n) is 5.85. The number of phenols is 1. The van der Waals surface area contributed by atoms with Crippen LogP contribution in [0.2, 0.25) is 0 Å². The van der Waals surface area contributed by atoms with Crippen LogP contribution < -0.4 is 4.74 Å². The summed E-state index contributed by atoms with van der Waals surface area (Å²) in [7, 11) is 1.55. The second kappa shape index (κ2) is 8.83. The second-order valence-corrected chi connectivity index (χ2v) is 6.88. The normalized spacial score (nSPS) is 16.5. The molecule has 2 N–H and O–H groups in total. The van der Waals surface area contributed by atoms with Gasteiger partial charge >= 0.3 is 5.97 Å². The number of halogens is 1. The molecule has 6 nitrogen and oxygen atoms in total. The number of benzene rings is 2. The molecule has 0 fully saturated rings. The number of hydrogen-bond donors (Lipinski definition) is 2. The Morgan fingerprint density at radius 2 is 1.93 bits per heavy atom. The van der Waals surface area contributed by atoms with Crippen molar-refractivity contribution in [3.63, 3.8) is 0 Å².